The molecule has 3 rings (SSSR count). The molecule has 3 fully saturated rings. The molecular weight excluding hydrogens is 325 g/mol. The van der Waals surface area contributed by atoms with Gasteiger partial charge in [0.05, 0.1) is 12.6 Å². The first-order chi connectivity index (χ1) is 11.3. The van der Waals surface area contributed by atoms with Crippen LogP contribution in [-0.4, -0.2) is 72.7 Å². The van der Waals surface area contributed by atoms with E-state index in [9.17, 15) is 22.8 Å². The highest BCUT2D eigenvalue weighted by Crippen LogP contribution is 2.30. The highest BCUT2D eigenvalue weighted by atomic mass is 19.4. The topological polar surface area (TPSA) is 64.7 Å². The van der Waals surface area contributed by atoms with E-state index in [0.29, 0.717) is 45.1 Å². The molecule has 2 aliphatic heterocycles. The summed E-state index contributed by atoms with van der Waals surface area (Å²) < 4.78 is 37.0. The Morgan fingerprint density at radius 1 is 1.21 bits per heavy atom. The molecule has 9 heteroatoms. The molecule has 24 heavy (non-hydrogen) atoms. The summed E-state index contributed by atoms with van der Waals surface area (Å²) in [6.07, 6.45) is -1.12. The fourth-order valence-electron chi connectivity index (χ4n) is 3.52. The van der Waals surface area contributed by atoms with E-state index in [4.69, 9.17) is 0 Å². The van der Waals surface area contributed by atoms with Crippen molar-refractivity contribution in [2.75, 3.05) is 32.7 Å². The largest absolute Gasteiger partial charge is 0.401 e. The van der Waals surface area contributed by atoms with Crippen LogP contribution < -0.4 is 10.6 Å². The summed E-state index contributed by atoms with van der Waals surface area (Å²) in [7, 11) is 0. The van der Waals surface area contributed by atoms with Crippen molar-refractivity contribution in [3.05, 3.63) is 0 Å². The number of likely N-dealkylation sites (tertiary alicyclic amines) is 2. The van der Waals surface area contributed by atoms with Gasteiger partial charge in [0.2, 0.25) is 5.91 Å². The number of carbonyl (C=O) groups is 2. The molecule has 0 aromatic heterocycles. The number of hydrogen-bond acceptors (Lipinski definition) is 3. The third-order valence-corrected chi connectivity index (χ3v) is 4.81. The molecule has 0 aromatic carbocycles. The predicted octanol–water partition coefficient (Wildman–Crippen LogP) is 0.933. The lowest BCUT2D eigenvalue weighted by atomic mass is 10.1. The summed E-state index contributed by atoms with van der Waals surface area (Å²) in [6.45, 7) is 0.766. The van der Waals surface area contributed by atoms with Gasteiger partial charge in [-0.25, -0.2) is 4.79 Å². The summed E-state index contributed by atoms with van der Waals surface area (Å²) in [5.74, 6) is 0.118. The number of alkyl halides is 3. The first kappa shape index (κ1) is 17.3. The average Bonchev–Trinajstić information content (AvgIpc) is 3.12. The number of amides is 3. The first-order valence-corrected chi connectivity index (χ1v) is 8.43. The van der Waals surface area contributed by atoms with Crippen LogP contribution in [0.5, 0.6) is 0 Å². The van der Waals surface area contributed by atoms with Crippen LogP contribution in [0.25, 0.3) is 0 Å². The van der Waals surface area contributed by atoms with Crippen LogP contribution in [0.1, 0.15) is 25.7 Å². The number of rotatable bonds is 5. The van der Waals surface area contributed by atoms with Crippen LogP contribution in [0.2, 0.25) is 0 Å². The molecular formula is C15H23F3N4O2. The molecule has 0 unspecified atom stereocenters. The first-order valence-electron chi connectivity index (χ1n) is 8.43. The third-order valence-electron chi connectivity index (χ3n) is 4.81. The van der Waals surface area contributed by atoms with Gasteiger partial charge in [-0.2, -0.15) is 13.2 Å². The van der Waals surface area contributed by atoms with Crippen molar-refractivity contribution in [2.24, 2.45) is 5.92 Å². The standard InChI is InChI=1S/C15H23F3N4O2/c16-15(17,18)9-21-4-3-10(7-21)6-19-14(24)20-11-5-13(23)22(8-11)12-1-2-12/h10-12H,1-9H2,(H2,19,20,24)/t10-,11-/m1/s1. The molecule has 1 aliphatic carbocycles. The Balaban J connectivity index is 1.34. The molecule has 2 atom stereocenters. The Labute approximate surface area is 138 Å². The highest BCUT2D eigenvalue weighted by Gasteiger charge is 2.40. The lowest BCUT2D eigenvalue weighted by Gasteiger charge is -2.19. The lowest BCUT2D eigenvalue weighted by Crippen LogP contribution is -2.45. The van der Waals surface area contributed by atoms with E-state index >= 15 is 0 Å². The van der Waals surface area contributed by atoms with Gasteiger partial charge in [-0.1, -0.05) is 0 Å². The SMILES string of the molecule is O=C(NC[C@H]1CCN(CC(F)(F)F)C1)N[C@@H]1CC(=O)N(C2CC2)C1. The number of carbonyl (C=O) groups excluding carboxylic acids is 2. The minimum atomic E-state index is -4.18. The van der Waals surface area contributed by atoms with Crippen molar-refractivity contribution in [1.29, 1.82) is 0 Å². The number of nitrogens with zero attached hydrogens (tertiary/aromatic N) is 2. The minimum absolute atomic E-state index is 0.0336. The molecule has 0 aromatic rings. The number of halogens is 3. The van der Waals surface area contributed by atoms with E-state index in [0.717, 1.165) is 12.8 Å². The van der Waals surface area contributed by atoms with Gasteiger partial charge in [-0.05, 0) is 31.7 Å². The molecule has 2 N–H and O–H groups in total. The Bertz CT molecular complexity index is 496. The van der Waals surface area contributed by atoms with Crippen molar-refractivity contribution in [2.45, 2.75) is 43.9 Å². The van der Waals surface area contributed by atoms with Crippen LogP contribution in [0, 0.1) is 5.92 Å². The second kappa shape index (κ2) is 6.78. The second-order valence-corrected chi connectivity index (χ2v) is 7.04. The molecule has 136 valence electrons. The van der Waals surface area contributed by atoms with Crippen LogP contribution in [0.3, 0.4) is 0 Å². The molecule has 6 nitrogen and oxygen atoms in total. The van der Waals surface area contributed by atoms with Crippen molar-refractivity contribution in [1.82, 2.24) is 20.4 Å². The molecule has 0 radical (unpaired) electrons. The summed E-state index contributed by atoms with van der Waals surface area (Å²) in [4.78, 5) is 26.9. The zero-order valence-corrected chi connectivity index (χ0v) is 13.4. The maximum absolute atomic E-state index is 12.3. The summed E-state index contributed by atoms with van der Waals surface area (Å²) in [5, 5.41) is 5.51. The minimum Gasteiger partial charge on any atom is -0.338 e. The highest BCUT2D eigenvalue weighted by molar-refractivity contribution is 5.82. The fourth-order valence-corrected chi connectivity index (χ4v) is 3.52. The van der Waals surface area contributed by atoms with Crippen molar-refractivity contribution >= 4 is 11.9 Å². The average molecular weight is 348 g/mol. The molecule has 2 heterocycles. The number of nitrogens with one attached hydrogen (secondary N) is 2. The maximum atomic E-state index is 12.3. The monoisotopic (exact) mass is 348 g/mol. The zero-order chi connectivity index (χ0) is 17.3. The van der Waals surface area contributed by atoms with E-state index in [1.165, 1.54) is 4.90 Å². The van der Waals surface area contributed by atoms with E-state index in [-0.39, 0.29) is 23.9 Å². The Hall–Kier alpha value is -1.51. The lowest BCUT2D eigenvalue weighted by molar-refractivity contribution is -0.143. The summed E-state index contributed by atoms with van der Waals surface area (Å²) >= 11 is 0. The fraction of sp³-hybridized carbons (Fsp3) is 0.867. The maximum Gasteiger partial charge on any atom is 0.401 e. The van der Waals surface area contributed by atoms with Crippen LogP contribution >= 0.6 is 0 Å². The van der Waals surface area contributed by atoms with Gasteiger partial charge in [-0.15, -0.1) is 0 Å². The van der Waals surface area contributed by atoms with Gasteiger partial charge in [0.25, 0.3) is 0 Å². The van der Waals surface area contributed by atoms with Gasteiger partial charge in [0.1, 0.15) is 0 Å². The molecule has 1 saturated carbocycles. The van der Waals surface area contributed by atoms with Gasteiger partial charge < -0.3 is 15.5 Å². The van der Waals surface area contributed by atoms with Crippen molar-refractivity contribution in [3.63, 3.8) is 0 Å². The molecule has 2 saturated heterocycles. The Morgan fingerprint density at radius 2 is 1.96 bits per heavy atom. The normalized spacial score (nSPS) is 28.5. The Morgan fingerprint density at radius 3 is 2.62 bits per heavy atom. The molecule has 3 amide bonds. The zero-order valence-electron chi connectivity index (χ0n) is 13.4. The second-order valence-electron chi connectivity index (χ2n) is 7.04. The molecule has 0 bridgehead atoms. The van der Waals surface area contributed by atoms with Crippen LogP contribution in [-0.2, 0) is 4.79 Å². The van der Waals surface area contributed by atoms with Crippen molar-refractivity contribution < 1.29 is 22.8 Å². The van der Waals surface area contributed by atoms with E-state index < -0.39 is 12.7 Å². The quantitative estimate of drug-likeness (QED) is 0.777. The van der Waals surface area contributed by atoms with E-state index in [2.05, 4.69) is 10.6 Å². The van der Waals surface area contributed by atoms with Crippen molar-refractivity contribution in [3.8, 4) is 0 Å². The summed E-state index contributed by atoms with van der Waals surface area (Å²) in [6, 6.07) is -0.173. The smallest absolute Gasteiger partial charge is 0.338 e. The Kier molecular flexibility index (Phi) is 4.89. The van der Waals surface area contributed by atoms with E-state index in [1.807, 2.05) is 4.90 Å². The number of hydrogen-bond donors (Lipinski definition) is 2. The number of urea groups is 1. The van der Waals surface area contributed by atoms with Gasteiger partial charge >= 0.3 is 12.2 Å². The van der Waals surface area contributed by atoms with Crippen LogP contribution in [0.4, 0.5) is 18.0 Å². The van der Waals surface area contributed by atoms with Gasteiger partial charge in [-0.3, -0.25) is 9.69 Å². The van der Waals surface area contributed by atoms with Gasteiger partial charge in [0.15, 0.2) is 0 Å². The summed E-state index contributed by atoms with van der Waals surface area (Å²) in [5.41, 5.74) is 0. The van der Waals surface area contributed by atoms with Gasteiger partial charge in [0, 0.05) is 32.1 Å². The molecule has 0 spiro atoms. The third kappa shape index (κ3) is 4.75. The van der Waals surface area contributed by atoms with Crippen LogP contribution in [0.15, 0.2) is 0 Å². The molecule has 3 aliphatic rings. The van der Waals surface area contributed by atoms with E-state index in [1.54, 1.807) is 0 Å². The predicted molar refractivity (Wildman–Crippen MR) is 80.3 cm³/mol.